The first-order valence-electron chi connectivity index (χ1n) is 5.32. The van der Waals surface area contributed by atoms with E-state index < -0.39 is 17.8 Å². The Labute approximate surface area is 87.2 Å². The molecule has 1 nitrogen and oxygen atoms in total. The number of nitrogens with one attached hydrogen (secondary N) is 1. The van der Waals surface area contributed by atoms with Gasteiger partial charge in [-0.2, -0.15) is 13.2 Å². The molecule has 2 atom stereocenters. The molecule has 0 aliphatic heterocycles. The van der Waals surface area contributed by atoms with Crippen molar-refractivity contribution in [3.05, 3.63) is 0 Å². The highest BCUT2D eigenvalue weighted by Gasteiger charge is 2.61. The van der Waals surface area contributed by atoms with Gasteiger partial charge in [0.2, 0.25) is 5.67 Å². The first-order valence-corrected chi connectivity index (χ1v) is 5.32. The Hall–Kier alpha value is -0.320. The summed E-state index contributed by atoms with van der Waals surface area (Å²) in [6.45, 7) is 0.643. The van der Waals surface area contributed by atoms with Crippen LogP contribution in [-0.2, 0) is 0 Å². The molecule has 0 saturated heterocycles. The summed E-state index contributed by atoms with van der Waals surface area (Å²) in [5.41, 5.74) is -2.93. The fraction of sp³-hybridized carbons (Fsp3) is 1.00. The molecule has 90 valence electrons. The van der Waals surface area contributed by atoms with E-state index >= 15 is 0 Å². The second-order valence-corrected chi connectivity index (χ2v) is 4.20. The average Bonchev–Trinajstić information content (AvgIpc) is 2.49. The van der Waals surface area contributed by atoms with Gasteiger partial charge in [0.15, 0.2) is 0 Å². The molecule has 1 fully saturated rings. The first-order chi connectivity index (χ1) is 6.92. The molecule has 2 unspecified atom stereocenters. The largest absolute Gasteiger partial charge is 0.422 e. The van der Waals surface area contributed by atoms with Crippen LogP contribution in [0.4, 0.5) is 17.6 Å². The van der Waals surface area contributed by atoms with Crippen LogP contribution in [0.25, 0.3) is 0 Å². The van der Waals surface area contributed by atoms with Crippen LogP contribution in [0.15, 0.2) is 0 Å². The third-order valence-electron chi connectivity index (χ3n) is 3.19. The molecule has 0 heterocycles. The molecule has 0 radical (unpaired) electrons. The molecule has 0 aromatic rings. The van der Waals surface area contributed by atoms with Crippen molar-refractivity contribution in [1.82, 2.24) is 5.32 Å². The Morgan fingerprint density at radius 1 is 1.40 bits per heavy atom. The summed E-state index contributed by atoms with van der Waals surface area (Å²) in [5.74, 6) is -0.842. The van der Waals surface area contributed by atoms with Gasteiger partial charge < -0.3 is 5.32 Å². The molecule has 1 N–H and O–H groups in total. The SMILES string of the molecule is CNCCCC1CCCC1(F)C(F)(F)F. The predicted molar refractivity (Wildman–Crippen MR) is 50.4 cm³/mol. The second kappa shape index (κ2) is 4.68. The average molecular weight is 227 g/mol. The van der Waals surface area contributed by atoms with Gasteiger partial charge in [-0.25, -0.2) is 4.39 Å². The lowest BCUT2D eigenvalue weighted by Gasteiger charge is -2.29. The Morgan fingerprint density at radius 3 is 2.60 bits per heavy atom. The molecule has 15 heavy (non-hydrogen) atoms. The molecule has 0 bridgehead atoms. The highest BCUT2D eigenvalue weighted by atomic mass is 19.4. The molecular formula is C10H17F4N. The molecule has 0 aromatic carbocycles. The normalized spacial score (nSPS) is 32.2. The van der Waals surface area contributed by atoms with E-state index in [2.05, 4.69) is 5.32 Å². The predicted octanol–water partition coefficient (Wildman–Crippen LogP) is 3.06. The zero-order chi connectivity index (χ0) is 11.5. The summed E-state index contributed by atoms with van der Waals surface area (Å²) in [6, 6.07) is 0. The van der Waals surface area contributed by atoms with Crippen molar-refractivity contribution in [2.75, 3.05) is 13.6 Å². The minimum Gasteiger partial charge on any atom is -0.320 e. The lowest BCUT2D eigenvalue weighted by atomic mass is 9.88. The first kappa shape index (κ1) is 12.7. The lowest BCUT2D eigenvalue weighted by molar-refractivity contribution is -0.242. The summed E-state index contributed by atoms with van der Waals surface area (Å²) < 4.78 is 51.3. The van der Waals surface area contributed by atoms with Crippen molar-refractivity contribution >= 4 is 0 Å². The van der Waals surface area contributed by atoms with Gasteiger partial charge in [-0.1, -0.05) is 0 Å². The van der Waals surface area contributed by atoms with Crippen LogP contribution in [0.1, 0.15) is 32.1 Å². The summed E-state index contributed by atoms with van der Waals surface area (Å²) >= 11 is 0. The molecule has 1 aliphatic rings. The van der Waals surface area contributed by atoms with Crippen LogP contribution >= 0.6 is 0 Å². The van der Waals surface area contributed by atoms with E-state index in [4.69, 9.17) is 0 Å². The van der Waals surface area contributed by atoms with Crippen molar-refractivity contribution in [1.29, 1.82) is 0 Å². The Balaban J connectivity index is 2.56. The van der Waals surface area contributed by atoms with E-state index in [0.717, 1.165) is 0 Å². The van der Waals surface area contributed by atoms with Crippen molar-refractivity contribution in [2.24, 2.45) is 5.92 Å². The summed E-state index contributed by atoms with van der Waals surface area (Å²) in [4.78, 5) is 0. The van der Waals surface area contributed by atoms with E-state index in [0.29, 0.717) is 32.2 Å². The van der Waals surface area contributed by atoms with Gasteiger partial charge in [-0.15, -0.1) is 0 Å². The van der Waals surface area contributed by atoms with Gasteiger partial charge in [0.1, 0.15) is 0 Å². The Morgan fingerprint density at radius 2 is 2.07 bits per heavy atom. The van der Waals surface area contributed by atoms with Crippen LogP contribution in [0.5, 0.6) is 0 Å². The summed E-state index contributed by atoms with van der Waals surface area (Å²) in [6.07, 6.45) is -3.44. The maximum absolute atomic E-state index is 13.8. The molecule has 1 aliphatic carbocycles. The van der Waals surface area contributed by atoms with E-state index in [1.54, 1.807) is 7.05 Å². The van der Waals surface area contributed by atoms with Gasteiger partial charge in [0.25, 0.3) is 0 Å². The van der Waals surface area contributed by atoms with Crippen molar-refractivity contribution in [3.63, 3.8) is 0 Å². The van der Waals surface area contributed by atoms with Crippen LogP contribution in [0.2, 0.25) is 0 Å². The number of hydrogen-bond acceptors (Lipinski definition) is 1. The second-order valence-electron chi connectivity index (χ2n) is 4.20. The van der Waals surface area contributed by atoms with E-state index in [9.17, 15) is 17.6 Å². The van der Waals surface area contributed by atoms with Crippen molar-refractivity contribution in [2.45, 2.75) is 43.9 Å². The standard InChI is InChI=1S/C10H17F4N/c1-15-7-3-5-8-4-2-6-9(8,11)10(12,13)14/h8,15H,2-7H2,1H3. The van der Waals surface area contributed by atoms with Crippen LogP contribution in [-0.4, -0.2) is 25.4 Å². The number of halogens is 4. The van der Waals surface area contributed by atoms with Crippen LogP contribution < -0.4 is 5.32 Å². The Kier molecular flexibility index (Phi) is 3.98. The molecule has 0 aromatic heterocycles. The van der Waals surface area contributed by atoms with Crippen LogP contribution in [0.3, 0.4) is 0 Å². The minimum absolute atomic E-state index is 0.316. The number of hydrogen-bond donors (Lipinski definition) is 1. The van der Waals surface area contributed by atoms with E-state index in [-0.39, 0.29) is 6.42 Å². The van der Waals surface area contributed by atoms with E-state index in [1.165, 1.54) is 0 Å². The lowest BCUT2D eigenvalue weighted by Crippen LogP contribution is -2.44. The minimum atomic E-state index is -4.70. The van der Waals surface area contributed by atoms with Gasteiger partial charge in [0, 0.05) is 5.92 Å². The van der Waals surface area contributed by atoms with Crippen molar-refractivity contribution in [3.8, 4) is 0 Å². The molecule has 0 amide bonds. The monoisotopic (exact) mass is 227 g/mol. The molecule has 5 heteroatoms. The molecular weight excluding hydrogens is 210 g/mol. The third kappa shape index (κ3) is 2.62. The van der Waals surface area contributed by atoms with Gasteiger partial charge in [0.05, 0.1) is 0 Å². The highest BCUT2D eigenvalue weighted by Crippen LogP contribution is 2.51. The maximum atomic E-state index is 13.8. The van der Waals surface area contributed by atoms with Crippen molar-refractivity contribution < 1.29 is 17.6 Å². The zero-order valence-corrected chi connectivity index (χ0v) is 8.83. The zero-order valence-electron chi connectivity index (χ0n) is 8.83. The fourth-order valence-electron chi connectivity index (χ4n) is 2.31. The van der Waals surface area contributed by atoms with Gasteiger partial charge in [-0.3, -0.25) is 0 Å². The number of alkyl halides is 4. The number of rotatable bonds is 4. The van der Waals surface area contributed by atoms with Gasteiger partial charge >= 0.3 is 6.18 Å². The van der Waals surface area contributed by atoms with Crippen LogP contribution in [0, 0.1) is 5.92 Å². The van der Waals surface area contributed by atoms with Gasteiger partial charge in [-0.05, 0) is 45.7 Å². The summed E-state index contributed by atoms with van der Waals surface area (Å²) in [7, 11) is 1.74. The topological polar surface area (TPSA) is 12.0 Å². The molecule has 1 rings (SSSR count). The Bertz CT molecular complexity index is 204. The molecule has 1 saturated carbocycles. The third-order valence-corrected chi connectivity index (χ3v) is 3.19. The maximum Gasteiger partial charge on any atom is 0.422 e. The molecule has 0 spiro atoms. The highest BCUT2D eigenvalue weighted by molar-refractivity contribution is 4.98. The summed E-state index contributed by atoms with van der Waals surface area (Å²) in [5, 5.41) is 2.85. The van der Waals surface area contributed by atoms with E-state index in [1.807, 2.05) is 0 Å². The fourth-order valence-corrected chi connectivity index (χ4v) is 2.31. The smallest absolute Gasteiger partial charge is 0.320 e. The quantitative estimate of drug-likeness (QED) is 0.575.